The van der Waals surface area contributed by atoms with E-state index < -0.39 is 10.0 Å². The van der Waals surface area contributed by atoms with Gasteiger partial charge >= 0.3 is 0 Å². The van der Waals surface area contributed by atoms with Crippen LogP contribution in [0.4, 0.5) is 5.69 Å². The minimum atomic E-state index is -3.43. The summed E-state index contributed by atoms with van der Waals surface area (Å²) >= 11 is 0. The van der Waals surface area contributed by atoms with Crippen molar-refractivity contribution in [3.63, 3.8) is 0 Å². The molecule has 22 heavy (non-hydrogen) atoms. The first-order valence-corrected chi connectivity index (χ1v) is 9.29. The second-order valence-corrected chi connectivity index (χ2v) is 8.31. The first-order valence-electron chi connectivity index (χ1n) is 7.81. The van der Waals surface area contributed by atoms with E-state index >= 15 is 0 Å². The fourth-order valence-electron chi connectivity index (χ4n) is 3.91. The monoisotopic (exact) mass is 322 g/mol. The summed E-state index contributed by atoms with van der Waals surface area (Å²) < 4.78 is 25.5. The lowest BCUT2D eigenvalue weighted by Crippen LogP contribution is -2.20. The molecule has 3 rings (SSSR count). The molecule has 5 nitrogen and oxygen atoms in total. The Labute approximate surface area is 131 Å². The van der Waals surface area contributed by atoms with E-state index in [1.54, 1.807) is 12.1 Å². The molecule has 1 amide bonds. The van der Waals surface area contributed by atoms with Crippen molar-refractivity contribution in [2.45, 2.75) is 37.0 Å². The van der Waals surface area contributed by atoms with E-state index in [-0.39, 0.29) is 10.8 Å². The van der Waals surface area contributed by atoms with Crippen LogP contribution < -0.4 is 10.0 Å². The number of carbonyl (C=O) groups is 1. The Balaban J connectivity index is 1.58. The van der Waals surface area contributed by atoms with Crippen molar-refractivity contribution >= 4 is 21.6 Å². The van der Waals surface area contributed by atoms with Gasteiger partial charge in [-0.05, 0) is 68.3 Å². The summed E-state index contributed by atoms with van der Waals surface area (Å²) in [5.41, 5.74) is 0.642. The molecular weight excluding hydrogens is 300 g/mol. The van der Waals surface area contributed by atoms with Gasteiger partial charge in [-0.1, -0.05) is 6.42 Å². The maximum atomic E-state index is 12.1. The molecular formula is C16H22N2O3S. The van der Waals surface area contributed by atoms with Gasteiger partial charge in [0.15, 0.2) is 0 Å². The fraction of sp³-hybridized carbons (Fsp3) is 0.562. The molecule has 2 aliphatic carbocycles. The van der Waals surface area contributed by atoms with Crippen molar-refractivity contribution in [3.8, 4) is 0 Å². The summed E-state index contributed by atoms with van der Waals surface area (Å²) in [7, 11) is -2.06. The average Bonchev–Trinajstić information content (AvgIpc) is 3.10. The number of rotatable bonds is 5. The van der Waals surface area contributed by atoms with Crippen molar-refractivity contribution in [3.05, 3.63) is 24.3 Å². The van der Waals surface area contributed by atoms with E-state index in [9.17, 15) is 13.2 Å². The summed E-state index contributed by atoms with van der Waals surface area (Å²) in [6.07, 6.45) is 5.69. The van der Waals surface area contributed by atoms with Gasteiger partial charge in [0.25, 0.3) is 0 Å². The van der Waals surface area contributed by atoms with Crippen LogP contribution in [0.5, 0.6) is 0 Å². The number of amides is 1. The van der Waals surface area contributed by atoms with Crippen LogP contribution in [0.1, 0.15) is 32.1 Å². The molecule has 3 atom stereocenters. The predicted molar refractivity (Wildman–Crippen MR) is 84.9 cm³/mol. The maximum Gasteiger partial charge on any atom is 0.240 e. The largest absolute Gasteiger partial charge is 0.326 e. The van der Waals surface area contributed by atoms with Gasteiger partial charge < -0.3 is 5.32 Å². The van der Waals surface area contributed by atoms with Crippen molar-refractivity contribution < 1.29 is 13.2 Å². The molecule has 0 unspecified atom stereocenters. The molecule has 0 saturated heterocycles. The number of hydrogen-bond acceptors (Lipinski definition) is 3. The molecule has 1 aromatic carbocycles. The van der Waals surface area contributed by atoms with Gasteiger partial charge in [0.05, 0.1) is 4.90 Å². The lowest BCUT2D eigenvalue weighted by Gasteiger charge is -2.20. The predicted octanol–water partition coefficient (Wildman–Crippen LogP) is 2.36. The van der Waals surface area contributed by atoms with Gasteiger partial charge in [0.2, 0.25) is 15.9 Å². The Hall–Kier alpha value is -1.40. The number of anilines is 1. The summed E-state index contributed by atoms with van der Waals surface area (Å²) in [4.78, 5) is 12.3. The molecule has 0 aliphatic heterocycles. The Morgan fingerprint density at radius 3 is 2.45 bits per heavy atom. The molecule has 1 aromatic rings. The first-order chi connectivity index (χ1) is 10.5. The van der Waals surface area contributed by atoms with Crippen molar-refractivity contribution in [1.82, 2.24) is 4.72 Å². The zero-order chi connectivity index (χ0) is 15.7. The number of benzene rings is 1. The van der Waals surface area contributed by atoms with Crippen molar-refractivity contribution in [1.29, 1.82) is 0 Å². The van der Waals surface area contributed by atoms with Crippen LogP contribution in [0, 0.1) is 17.8 Å². The fourth-order valence-corrected chi connectivity index (χ4v) is 4.64. The van der Waals surface area contributed by atoms with E-state index in [2.05, 4.69) is 10.0 Å². The highest BCUT2D eigenvalue weighted by Gasteiger charge is 2.40. The molecule has 2 saturated carbocycles. The van der Waals surface area contributed by atoms with E-state index in [0.717, 1.165) is 11.8 Å². The van der Waals surface area contributed by atoms with E-state index in [0.29, 0.717) is 18.0 Å². The summed E-state index contributed by atoms with van der Waals surface area (Å²) in [6, 6.07) is 6.25. The molecule has 2 N–H and O–H groups in total. The second-order valence-electron chi connectivity index (χ2n) is 6.42. The number of sulfonamides is 1. The standard InChI is InChI=1S/C16H22N2O3S/c1-17-22(20,21)15-6-4-14(5-7-15)18-16(19)10-13-9-11-2-3-12(13)8-11/h4-7,11-13,17H,2-3,8-10H2,1H3,(H,18,19)/t11-,12-,13-/m1/s1. The SMILES string of the molecule is CNS(=O)(=O)c1ccc(NC(=O)C[C@H]2C[C@@H]3CC[C@@H]2C3)cc1. The van der Waals surface area contributed by atoms with Gasteiger partial charge in [0, 0.05) is 12.1 Å². The summed E-state index contributed by atoms with van der Waals surface area (Å²) in [6.45, 7) is 0. The molecule has 120 valence electrons. The minimum Gasteiger partial charge on any atom is -0.326 e. The smallest absolute Gasteiger partial charge is 0.240 e. The summed E-state index contributed by atoms with van der Waals surface area (Å²) in [5, 5.41) is 2.87. The molecule has 2 fully saturated rings. The Bertz CT molecular complexity index is 654. The number of carbonyl (C=O) groups excluding carboxylic acids is 1. The number of fused-ring (bicyclic) bond motifs is 2. The van der Waals surface area contributed by atoms with Gasteiger partial charge in [0.1, 0.15) is 0 Å². The number of nitrogens with one attached hydrogen (secondary N) is 2. The van der Waals surface area contributed by atoms with Gasteiger partial charge in [-0.25, -0.2) is 13.1 Å². The van der Waals surface area contributed by atoms with Gasteiger partial charge in [-0.15, -0.1) is 0 Å². The zero-order valence-corrected chi connectivity index (χ0v) is 13.5. The molecule has 0 radical (unpaired) electrons. The molecule has 2 aliphatic rings. The van der Waals surface area contributed by atoms with Crippen molar-refractivity contribution in [2.24, 2.45) is 17.8 Å². The Kier molecular flexibility index (Phi) is 4.23. The van der Waals surface area contributed by atoms with E-state index in [1.807, 2.05) is 0 Å². The van der Waals surface area contributed by atoms with E-state index in [1.165, 1.54) is 44.9 Å². The molecule has 2 bridgehead atoms. The molecule has 6 heteroatoms. The van der Waals surface area contributed by atoms with Gasteiger partial charge in [-0.2, -0.15) is 0 Å². The minimum absolute atomic E-state index is 0.0294. The molecule has 0 aromatic heterocycles. The van der Waals surface area contributed by atoms with Crippen LogP contribution in [0.15, 0.2) is 29.2 Å². The first kappa shape index (κ1) is 15.5. The zero-order valence-electron chi connectivity index (χ0n) is 12.7. The van der Waals surface area contributed by atoms with Crippen LogP contribution in [0.2, 0.25) is 0 Å². The number of hydrogen-bond donors (Lipinski definition) is 2. The van der Waals surface area contributed by atoms with Crippen molar-refractivity contribution in [2.75, 3.05) is 12.4 Å². The highest BCUT2D eigenvalue weighted by molar-refractivity contribution is 7.89. The van der Waals surface area contributed by atoms with Gasteiger partial charge in [-0.3, -0.25) is 4.79 Å². The van der Waals surface area contributed by atoms with Crippen LogP contribution in [-0.4, -0.2) is 21.4 Å². The third-order valence-electron chi connectivity index (χ3n) is 5.05. The van der Waals surface area contributed by atoms with Crippen LogP contribution in [0.25, 0.3) is 0 Å². The highest BCUT2D eigenvalue weighted by Crippen LogP contribution is 2.49. The normalized spacial score (nSPS) is 27.0. The van der Waals surface area contributed by atoms with Crippen LogP contribution >= 0.6 is 0 Å². The Morgan fingerprint density at radius 2 is 1.91 bits per heavy atom. The topological polar surface area (TPSA) is 75.3 Å². The maximum absolute atomic E-state index is 12.1. The second kappa shape index (κ2) is 6.01. The molecule has 0 spiro atoms. The average molecular weight is 322 g/mol. The quantitative estimate of drug-likeness (QED) is 0.874. The van der Waals surface area contributed by atoms with Crippen LogP contribution in [-0.2, 0) is 14.8 Å². The summed E-state index contributed by atoms with van der Waals surface area (Å²) in [5.74, 6) is 2.14. The lowest BCUT2D eigenvalue weighted by atomic mass is 9.86. The highest BCUT2D eigenvalue weighted by atomic mass is 32.2. The van der Waals surface area contributed by atoms with Crippen LogP contribution in [0.3, 0.4) is 0 Å². The lowest BCUT2D eigenvalue weighted by molar-refractivity contribution is -0.117. The third-order valence-corrected chi connectivity index (χ3v) is 6.48. The van der Waals surface area contributed by atoms with E-state index in [4.69, 9.17) is 0 Å². The third kappa shape index (κ3) is 3.17. The Morgan fingerprint density at radius 1 is 1.18 bits per heavy atom. The molecule has 0 heterocycles.